The molecule has 168 valence electrons. The average molecular weight is 447 g/mol. The lowest BCUT2D eigenvalue weighted by Gasteiger charge is -2.21. The fraction of sp³-hybridized carbons (Fsp3) is 0.391. The minimum atomic E-state index is -3.81. The highest BCUT2D eigenvalue weighted by atomic mass is 32.2. The van der Waals surface area contributed by atoms with Crippen molar-refractivity contribution in [3.05, 3.63) is 65.2 Å². The summed E-state index contributed by atoms with van der Waals surface area (Å²) in [5, 5.41) is 2.74. The Hall–Kier alpha value is -2.71. The molecule has 0 aliphatic heterocycles. The van der Waals surface area contributed by atoms with Gasteiger partial charge in [0.25, 0.3) is 5.91 Å². The van der Waals surface area contributed by atoms with Crippen LogP contribution in [0.2, 0.25) is 0 Å². The lowest BCUT2D eigenvalue weighted by Crippen LogP contribution is -2.40. The van der Waals surface area contributed by atoms with Crippen molar-refractivity contribution in [2.45, 2.75) is 57.6 Å². The van der Waals surface area contributed by atoms with Crippen LogP contribution in [-0.4, -0.2) is 38.5 Å². The van der Waals surface area contributed by atoms with Gasteiger partial charge in [0.05, 0.1) is 10.5 Å². The lowest BCUT2D eigenvalue weighted by atomic mass is 10.1. The highest BCUT2D eigenvalue weighted by molar-refractivity contribution is 7.89. The van der Waals surface area contributed by atoms with E-state index < -0.39 is 33.5 Å². The molecule has 1 unspecified atom stereocenters. The predicted molar refractivity (Wildman–Crippen MR) is 119 cm³/mol. The molecule has 0 aliphatic rings. The quantitative estimate of drug-likeness (QED) is 0.607. The molecule has 2 aromatic carbocycles. The molecular formula is C23H30N2O5S. The van der Waals surface area contributed by atoms with Gasteiger partial charge in [-0.25, -0.2) is 17.9 Å². The molecule has 1 atom stereocenters. The molecule has 0 saturated carbocycles. The van der Waals surface area contributed by atoms with Crippen LogP contribution < -0.4 is 10.0 Å². The van der Waals surface area contributed by atoms with Gasteiger partial charge in [0.1, 0.15) is 0 Å². The van der Waals surface area contributed by atoms with Crippen LogP contribution in [0.3, 0.4) is 0 Å². The van der Waals surface area contributed by atoms with Crippen molar-refractivity contribution in [3.8, 4) is 0 Å². The molecule has 1 amide bonds. The van der Waals surface area contributed by atoms with E-state index in [0.717, 1.165) is 5.56 Å². The van der Waals surface area contributed by atoms with Crippen LogP contribution in [0.25, 0.3) is 0 Å². The van der Waals surface area contributed by atoms with E-state index in [-0.39, 0.29) is 10.5 Å². The van der Waals surface area contributed by atoms with Crippen LogP contribution in [-0.2, 0) is 26.0 Å². The Kier molecular flexibility index (Phi) is 7.97. The highest BCUT2D eigenvalue weighted by Crippen LogP contribution is 2.19. The average Bonchev–Trinajstić information content (AvgIpc) is 2.66. The number of esters is 1. The first kappa shape index (κ1) is 24.6. The van der Waals surface area contributed by atoms with E-state index in [0.29, 0.717) is 18.5 Å². The standard InChI is InChI=1S/C23H30N2O5S/c1-16-11-12-19(31(28,29)25-23(3,4)5)15-20(16)22(27)30-17(2)21(26)24-14-13-18-9-7-6-8-10-18/h6-12,15,17,25H,13-14H2,1-5H3,(H,24,26). The van der Waals surface area contributed by atoms with Crippen molar-refractivity contribution in [1.29, 1.82) is 0 Å². The third kappa shape index (κ3) is 7.48. The molecule has 7 nitrogen and oxygen atoms in total. The zero-order chi connectivity index (χ0) is 23.2. The van der Waals surface area contributed by atoms with Crippen LogP contribution in [0.4, 0.5) is 0 Å². The molecule has 31 heavy (non-hydrogen) atoms. The maximum Gasteiger partial charge on any atom is 0.339 e. The molecule has 0 spiro atoms. The van der Waals surface area contributed by atoms with E-state index >= 15 is 0 Å². The van der Waals surface area contributed by atoms with Crippen molar-refractivity contribution in [1.82, 2.24) is 10.0 Å². The van der Waals surface area contributed by atoms with Gasteiger partial charge in [-0.2, -0.15) is 0 Å². The van der Waals surface area contributed by atoms with E-state index in [4.69, 9.17) is 4.74 Å². The Morgan fingerprint density at radius 2 is 1.71 bits per heavy atom. The van der Waals surface area contributed by atoms with Crippen molar-refractivity contribution < 1.29 is 22.7 Å². The number of hydrogen-bond acceptors (Lipinski definition) is 5. The normalized spacial score (nSPS) is 12.8. The molecule has 2 N–H and O–H groups in total. The number of aryl methyl sites for hydroxylation is 1. The summed E-state index contributed by atoms with van der Waals surface area (Å²) in [6.07, 6.45) is -0.358. The predicted octanol–water partition coefficient (Wildman–Crippen LogP) is 2.98. The van der Waals surface area contributed by atoms with Crippen molar-refractivity contribution in [2.24, 2.45) is 0 Å². The van der Waals surface area contributed by atoms with Gasteiger partial charge in [-0.3, -0.25) is 4.79 Å². The third-order valence-corrected chi connectivity index (χ3v) is 6.14. The first-order valence-corrected chi connectivity index (χ1v) is 11.5. The molecule has 0 heterocycles. The summed E-state index contributed by atoms with van der Waals surface area (Å²) in [6.45, 7) is 8.75. The molecule has 8 heteroatoms. The fourth-order valence-electron chi connectivity index (χ4n) is 2.85. The molecule has 0 fully saturated rings. The zero-order valence-electron chi connectivity index (χ0n) is 18.6. The second-order valence-electron chi connectivity index (χ2n) is 8.41. The highest BCUT2D eigenvalue weighted by Gasteiger charge is 2.25. The topological polar surface area (TPSA) is 102 Å². The molecule has 0 aromatic heterocycles. The first-order valence-electron chi connectivity index (χ1n) is 10.1. The van der Waals surface area contributed by atoms with Crippen LogP contribution in [0.5, 0.6) is 0 Å². The third-order valence-electron chi connectivity index (χ3n) is 4.39. The zero-order valence-corrected chi connectivity index (χ0v) is 19.4. The van der Waals surface area contributed by atoms with Gasteiger partial charge in [-0.15, -0.1) is 0 Å². The summed E-state index contributed by atoms with van der Waals surface area (Å²) in [6, 6.07) is 13.9. The minimum absolute atomic E-state index is 0.0417. The second-order valence-corrected chi connectivity index (χ2v) is 10.1. The van der Waals surface area contributed by atoms with Crippen LogP contribution >= 0.6 is 0 Å². The summed E-state index contributed by atoms with van der Waals surface area (Å²) in [7, 11) is -3.81. The molecule has 0 bridgehead atoms. The summed E-state index contributed by atoms with van der Waals surface area (Å²) < 4.78 is 33.0. The number of hydrogen-bond donors (Lipinski definition) is 2. The van der Waals surface area contributed by atoms with E-state index in [2.05, 4.69) is 10.0 Å². The SMILES string of the molecule is Cc1ccc(S(=O)(=O)NC(C)(C)C)cc1C(=O)OC(C)C(=O)NCCc1ccccc1. The number of carbonyl (C=O) groups excluding carboxylic acids is 2. The number of benzene rings is 2. The molecule has 2 aromatic rings. The van der Waals surface area contributed by atoms with Crippen LogP contribution in [0, 0.1) is 6.92 Å². The minimum Gasteiger partial charge on any atom is -0.449 e. The van der Waals surface area contributed by atoms with E-state index in [1.165, 1.54) is 19.1 Å². The Balaban J connectivity index is 2.02. The van der Waals surface area contributed by atoms with Gasteiger partial charge in [0, 0.05) is 12.1 Å². The number of ether oxygens (including phenoxy) is 1. The molecular weight excluding hydrogens is 416 g/mol. The molecule has 0 saturated heterocycles. The molecule has 0 radical (unpaired) electrons. The molecule has 0 aliphatic carbocycles. The lowest BCUT2D eigenvalue weighted by molar-refractivity contribution is -0.129. The smallest absolute Gasteiger partial charge is 0.339 e. The summed E-state index contributed by atoms with van der Waals surface area (Å²) in [5.41, 5.74) is 1.07. The monoisotopic (exact) mass is 446 g/mol. The number of nitrogens with one attached hydrogen (secondary N) is 2. The first-order chi connectivity index (χ1) is 14.4. The van der Waals surface area contributed by atoms with Crippen molar-refractivity contribution >= 4 is 21.9 Å². The Morgan fingerprint density at radius 1 is 1.06 bits per heavy atom. The van der Waals surface area contributed by atoms with Crippen LogP contribution in [0.1, 0.15) is 49.2 Å². The molecule has 2 rings (SSSR count). The number of sulfonamides is 1. The van der Waals surface area contributed by atoms with Gasteiger partial charge >= 0.3 is 5.97 Å². The van der Waals surface area contributed by atoms with E-state index in [9.17, 15) is 18.0 Å². The van der Waals surface area contributed by atoms with E-state index in [1.54, 1.807) is 33.8 Å². The number of carbonyl (C=O) groups is 2. The van der Waals surface area contributed by atoms with E-state index in [1.807, 2.05) is 30.3 Å². The summed E-state index contributed by atoms with van der Waals surface area (Å²) in [4.78, 5) is 24.9. The van der Waals surface area contributed by atoms with Gasteiger partial charge in [-0.05, 0) is 64.3 Å². The second kappa shape index (κ2) is 10.1. The fourth-order valence-corrected chi connectivity index (χ4v) is 4.29. The summed E-state index contributed by atoms with van der Waals surface area (Å²) in [5.74, 6) is -1.17. The largest absolute Gasteiger partial charge is 0.449 e. The van der Waals surface area contributed by atoms with Gasteiger partial charge in [-0.1, -0.05) is 36.4 Å². The van der Waals surface area contributed by atoms with Crippen molar-refractivity contribution in [2.75, 3.05) is 6.54 Å². The van der Waals surface area contributed by atoms with Crippen LogP contribution in [0.15, 0.2) is 53.4 Å². The Labute approximate surface area is 184 Å². The Bertz CT molecular complexity index is 1030. The van der Waals surface area contributed by atoms with Crippen molar-refractivity contribution in [3.63, 3.8) is 0 Å². The number of rotatable bonds is 8. The Morgan fingerprint density at radius 3 is 2.32 bits per heavy atom. The number of amides is 1. The van der Waals surface area contributed by atoms with Gasteiger partial charge in [0.2, 0.25) is 10.0 Å². The maximum absolute atomic E-state index is 12.6. The van der Waals surface area contributed by atoms with Gasteiger partial charge < -0.3 is 10.1 Å². The van der Waals surface area contributed by atoms with Gasteiger partial charge in [0.15, 0.2) is 6.10 Å². The maximum atomic E-state index is 12.6. The summed E-state index contributed by atoms with van der Waals surface area (Å²) >= 11 is 0.